The number of rotatable bonds is 2. The van der Waals surface area contributed by atoms with Gasteiger partial charge in [-0.25, -0.2) is 4.99 Å². The highest BCUT2D eigenvalue weighted by molar-refractivity contribution is 6.28. The zero-order valence-corrected chi connectivity index (χ0v) is 14.1. The lowest BCUT2D eigenvalue weighted by molar-refractivity contribution is 0.555. The third-order valence-electron chi connectivity index (χ3n) is 4.04. The summed E-state index contributed by atoms with van der Waals surface area (Å²) in [5.74, 6) is 1.93. The van der Waals surface area contributed by atoms with Crippen molar-refractivity contribution in [2.45, 2.75) is 6.92 Å². The SMILES string of the molecule is Cc1ccc(N=C2N=C(Nc3ccccc3)C3C=NN(C)C3=N2)cc1. The van der Waals surface area contributed by atoms with Crippen LogP contribution in [0.3, 0.4) is 0 Å². The summed E-state index contributed by atoms with van der Waals surface area (Å²) in [5, 5.41) is 9.46. The average Bonchev–Trinajstić information content (AvgIpc) is 2.99. The first-order valence-corrected chi connectivity index (χ1v) is 8.11. The molecule has 2 aliphatic heterocycles. The van der Waals surface area contributed by atoms with Crippen LogP contribution in [0.4, 0.5) is 11.4 Å². The van der Waals surface area contributed by atoms with Crippen molar-refractivity contribution in [3.05, 3.63) is 60.2 Å². The van der Waals surface area contributed by atoms with E-state index < -0.39 is 0 Å². The van der Waals surface area contributed by atoms with Crippen LogP contribution in [0.15, 0.2) is 74.7 Å². The van der Waals surface area contributed by atoms with Crippen LogP contribution in [0.2, 0.25) is 0 Å². The molecule has 6 heteroatoms. The predicted molar refractivity (Wildman–Crippen MR) is 103 cm³/mol. The first-order valence-electron chi connectivity index (χ1n) is 8.11. The van der Waals surface area contributed by atoms with E-state index in [1.54, 1.807) is 5.01 Å². The fourth-order valence-electron chi connectivity index (χ4n) is 2.69. The van der Waals surface area contributed by atoms with Crippen molar-refractivity contribution in [3.8, 4) is 0 Å². The van der Waals surface area contributed by atoms with E-state index in [0.717, 1.165) is 23.0 Å². The summed E-state index contributed by atoms with van der Waals surface area (Å²) >= 11 is 0. The molecule has 0 bridgehead atoms. The van der Waals surface area contributed by atoms with Crippen molar-refractivity contribution >= 4 is 35.2 Å². The van der Waals surface area contributed by atoms with E-state index in [1.807, 2.05) is 74.8 Å². The molecule has 0 radical (unpaired) electrons. The van der Waals surface area contributed by atoms with Crippen LogP contribution < -0.4 is 5.32 Å². The highest BCUT2D eigenvalue weighted by Crippen LogP contribution is 2.21. The summed E-state index contributed by atoms with van der Waals surface area (Å²) in [6, 6.07) is 17.9. The molecule has 1 N–H and O–H groups in total. The molecule has 2 aromatic carbocycles. The molecule has 124 valence electrons. The number of benzene rings is 2. The van der Waals surface area contributed by atoms with E-state index in [1.165, 1.54) is 5.56 Å². The number of anilines is 1. The maximum atomic E-state index is 4.62. The van der Waals surface area contributed by atoms with Crippen LogP contribution in [-0.2, 0) is 0 Å². The van der Waals surface area contributed by atoms with Crippen molar-refractivity contribution < 1.29 is 0 Å². The van der Waals surface area contributed by atoms with Crippen LogP contribution in [0, 0.1) is 12.8 Å². The normalized spacial score (nSPS) is 20.3. The van der Waals surface area contributed by atoms with Crippen molar-refractivity contribution in [3.63, 3.8) is 0 Å². The number of hydrogen-bond acceptors (Lipinski definition) is 4. The molecule has 6 nitrogen and oxygen atoms in total. The molecule has 0 fully saturated rings. The number of aryl methyl sites for hydroxylation is 1. The van der Waals surface area contributed by atoms with Crippen molar-refractivity contribution in [2.24, 2.45) is 26.0 Å². The fraction of sp³-hybridized carbons (Fsp3) is 0.158. The smallest absolute Gasteiger partial charge is 0.253 e. The molecule has 0 aromatic heterocycles. The number of hydrogen-bond donors (Lipinski definition) is 1. The number of para-hydroxylation sites is 1. The topological polar surface area (TPSA) is 64.7 Å². The van der Waals surface area contributed by atoms with Crippen LogP contribution in [0.1, 0.15) is 5.56 Å². The number of amidine groups is 2. The monoisotopic (exact) mass is 330 g/mol. The molecule has 2 aliphatic rings. The number of nitrogens with zero attached hydrogens (tertiary/aromatic N) is 5. The van der Waals surface area contributed by atoms with Gasteiger partial charge in [0.25, 0.3) is 5.96 Å². The number of guanidine groups is 1. The zero-order chi connectivity index (χ0) is 17.2. The molecule has 0 aliphatic carbocycles. The lowest BCUT2D eigenvalue weighted by Gasteiger charge is -2.21. The number of nitrogens with one attached hydrogen (secondary N) is 1. The third-order valence-corrected chi connectivity index (χ3v) is 4.04. The minimum absolute atomic E-state index is 0.0813. The first kappa shape index (κ1) is 15.3. The Labute approximate surface area is 146 Å². The third kappa shape index (κ3) is 3.19. The lowest BCUT2D eigenvalue weighted by atomic mass is 10.1. The summed E-state index contributed by atoms with van der Waals surface area (Å²) in [7, 11) is 1.88. The Kier molecular flexibility index (Phi) is 3.85. The van der Waals surface area contributed by atoms with Gasteiger partial charge in [0, 0.05) is 18.9 Å². The van der Waals surface area contributed by atoms with Crippen molar-refractivity contribution in [1.82, 2.24) is 5.01 Å². The van der Waals surface area contributed by atoms with E-state index in [9.17, 15) is 0 Å². The van der Waals surface area contributed by atoms with E-state index >= 15 is 0 Å². The van der Waals surface area contributed by atoms with Gasteiger partial charge in [-0.05, 0) is 31.2 Å². The van der Waals surface area contributed by atoms with Crippen molar-refractivity contribution in [1.29, 1.82) is 0 Å². The van der Waals surface area contributed by atoms with E-state index in [2.05, 4.69) is 25.4 Å². The lowest BCUT2D eigenvalue weighted by Crippen LogP contribution is -2.37. The summed E-state index contributed by atoms with van der Waals surface area (Å²) in [6.45, 7) is 2.05. The second kappa shape index (κ2) is 6.32. The molecule has 25 heavy (non-hydrogen) atoms. The molecule has 0 saturated heterocycles. The van der Waals surface area contributed by atoms with Crippen LogP contribution in [0.5, 0.6) is 0 Å². The number of aliphatic imine (C=N–C) groups is 3. The molecule has 0 amide bonds. The van der Waals surface area contributed by atoms with Crippen LogP contribution in [-0.4, -0.2) is 35.9 Å². The van der Waals surface area contributed by atoms with Crippen LogP contribution >= 0.6 is 0 Å². The van der Waals surface area contributed by atoms with Gasteiger partial charge in [-0.2, -0.15) is 15.1 Å². The minimum atomic E-state index is -0.0813. The van der Waals surface area contributed by atoms with Gasteiger partial charge in [-0.1, -0.05) is 35.9 Å². The summed E-state index contributed by atoms with van der Waals surface area (Å²) in [6.07, 6.45) is 1.84. The Morgan fingerprint density at radius 2 is 1.76 bits per heavy atom. The predicted octanol–water partition coefficient (Wildman–Crippen LogP) is 3.45. The Morgan fingerprint density at radius 1 is 1.00 bits per heavy atom. The highest BCUT2D eigenvalue weighted by Gasteiger charge is 2.32. The maximum absolute atomic E-state index is 4.62. The number of hydrazone groups is 1. The second-order valence-electron chi connectivity index (χ2n) is 5.97. The van der Waals surface area contributed by atoms with Gasteiger partial charge in [0.2, 0.25) is 0 Å². The molecule has 0 saturated carbocycles. The molecule has 2 heterocycles. The quantitative estimate of drug-likeness (QED) is 0.916. The van der Waals surface area contributed by atoms with Gasteiger partial charge < -0.3 is 5.32 Å². The van der Waals surface area contributed by atoms with Crippen LogP contribution in [0.25, 0.3) is 0 Å². The first-order chi connectivity index (χ1) is 12.2. The Morgan fingerprint density at radius 3 is 2.52 bits per heavy atom. The van der Waals surface area contributed by atoms with E-state index in [4.69, 9.17) is 0 Å². The van der Waals surface area contributed by atoms with Gasteiger partial charge in [0.15, 0.2) is 0 Å². The Hall–Kier alpha value is -3.28. The minimum Gasteiger partial charge on any atom is -0.343 e. The van der Waals surface area contributed by atoms with E-state index in [-0.39, 0.29) is 5.92 Å². The van der Waals surface area contributed by atoms with Crippen molar-refractivity contribution in [2.75, 3.05) is 12.4 Å². The van der Waals surface area contributed by atoms with Gasteiger partial charge >= 0.3 is 0 Å². The van der Waals surface area contributed by atoms with E-state index in [0.29, 0.717) is 5.96 Å². The molecule has 1 unspecified atom stereocenters. The van der Waals surface area contributed by atoms with Gasteiger partial charge in [-0.15, -0.1) is 0 Å². The summed E-state index contributed by atoms with van der Waals surface area (Å²) < 4.78 is 0. The molecule has 1 atom stereocenters. The van der Waals surface area contributed by atoms with Gasteiger partial charge in [0.1, 0.15) is 17.6 Å². The number of fused-ring (bicyclic) bond motifs is 1. The summed E-state index contributed by atoms with van der Waals surface area (Å²) in [4.78, 5) is 13.8. The maximum Gasteiger partial charge on any atom is 0.253 e. The second-order valence-corrected chi connectivity index (χ2v) is 5.97. The molecular weight excluding hydrogens is 312 g/mol. The van der Waals surface area contributed by atoms with Gasteiger partial charge in [0.05, 0.1) is 5.69 Å². The summed E-state index contributed by atoms with van der Waals surface area (Å²) in [5.41, 5.74) is 2.99. The molecule has 2 aromatic rings. The standard InChI is InChI=1S/C19H18N6/c1-13-8-10-15(11-9-13)22-19-23-17(21-14-6-4-3-5-7-14)16-12-20-25(2)18(16)24-19/h3-12,16H,1-2H3,(H,21,22,23). The Bertz CT molecular complexity index is 893. The molecule has 0 spiro atoms. The van der Waals surface area contributed by atoms with Gasteiger partial charge in [-0.3, -0.25) is 5.01 Å². The molecule has 4 rings (SSSR count). The highest BCUT2D eigenvalue weighted by atomic mass is 15.5. The molecular formula is C19H18N6. The average molecular weight is 330 g/mol. The Balaban J connectivity index is 1.70. The largest absolute Gasteiger partial charge is 0.343 e. The fourth-order valence-corrected chi connectivity index (χ4v) is 2.69. The zero-order valence-electron chi connectivity index (χ0n) is 14.1.